The third-order valence-electron chi connectivity index (χ3n) is 6.52. The molecule has 0 aromatic heterocycles. The molecule has 0 saturated carbocycles. The van der Waals surface area contributed by atoms with Crippen LogP contribution in [-0.2, 0) is 43.5 Å². The van der Waals surface area contributed by atoms with Crippen LogP contribution in [-0.4, -0.2) is 66.8 Å². The van der Waals surface area contributed by atoms with E-state index in [1.165, 1.54) is 18.2 Å². The van der Waals surface area contributed by atoms with Crippen molar-refractivity contribution < 1.29 is 47.3 Å². The summed E-state index contributed by atoms with van der Waals surface area (Å²) < 4.78 is 42.8. The average molecular weight is 598 g/mol. The number of alkyl halides is 1. The minimum Gasteiger partial charge on any atom is -0.463 e. The predicted octanol–water partition coefficient (Wildman–Crippen LogP) is 4.29. The topological polar surface area (TPSA) is 127 Å². The molecule has 0 N–H and O–H groups in total. The Morgan fingerprint density at radius 3 is 2.33 bits per heavy atom. The van der Waals surface area contributed by atoms with Crippen molar-refractivity contribution in [2.75, 3.05) is 6.61 Å². The number of halogens is 3. The summed E-state index contributed by atoms with van der Waals surface area (Å²) in [5.74, 6) is -2.71. The third kappa shape index (κ3) is 5.77. The average Bonchev–Trinajstić information content (AvgIpc) is 2.84. The van der Waals surface area contributed by atoms with Crippen LogP contribution in [0.3, 0.4) is 0 Å². The SMILES string of the molecule is CC(=O)OC[C@H]1O[C@@H](Oc2c(Cl)cc3c(c2Cl)C(C)(C)C2=CC(=O)C=CC2=N3)[C@H](F)[C@@H](OC(C)=O)[C@H]1OC(C)=O. The monoisotopic (exact) mass is 597 g/mol. The van der Waals surface area contributed by atoms with Gasteiger partial charge in [-0.1, -0.05) is 37.0 Å². The molecule has 2 aliphatic heterocycles. The summed E-state index contributed by atoms with van der Waals surface area (Å²) in [5, 5.41) is -0.0256. The number of fused-ring (bicyclic) bond motifs is 2. The van der Waals surface area contributed by atoms with Crippen LogP contribution in [0.25, 0.3) is 0 Å². The second kappa shape index (κ2) is 11.3. The van der Waals surface area contributed by atoms with E-state index in [2.05, 4.69) is 4.99 Å². The van der Waals surface area contributed by atoms with E-state index in [1.807, 2.05) is 13.8 Å². The Balaban J connectivity index is 1.74. The number of hydrogen-bond donors (Lipinski definition) is 0. The van der Waals surface area contributed by atoms with E-state index in [1.54, 1.807) is 6.08 Å². The van der Waals surface area contributed by atoms with Crippen molar-refractivity contribution in [3.05, 3.63) is 45.5 Å². The van der Waals surface area contributed by atoms with Crippen molar-refractivity contribution in [2.45, 2.75) is 70.8 Å². The van der Waals surface area contributed by atoms with Gasteiger partial charge in [0.2, 0.25) is 12.5 Å². The highest BCUT2D eigenvalue weighted by molar-refractivity contribution is 6.39. The fourth-order valence-corrected chi connectivity index (χ4v) is 5.60. The number of carbonyl (C=O) groups excluding carboxylic acids is 4. The van der Waals surface area contributed by atoms with Crippen LogP contribution in [0.5, 0.6) is 5.75 Å². The van der Waals surface area contributed by atoms with Gasteiger partial charge in [0.1, 0.15) is 12.7 Å². The molecule has 4 rings (SSSR count). The van der Waals surface area contributed by atoms with Crippen LogP contribution in [0.4, 0.5) is 10.1 Å². The summed E-state index contributed by atoms with van der Waals surface area (Å²) in [5.41, 5.74) is 1.28. The molecule has 1 aliphatic carbocycles. The van der Waals surface area contributed by atoms with E-state index in [9.17, 15) is 19.2 Å². The van der Waals surface area contributed by atoms with Gasteiger partial charge in [-0.2, -0.15) is 0 Å². The normalized spacial score (nSPS) is 26.5. The summed E-state index contributed by atoms with van der Waals surface area (Å²) >= 11 is 13.3. The smallest absolute Gasteiger partial charge is 0.303 e. The molecule has 0 spiro atoms. The van der Waals surface area contributed by atoms with Crippen LogP contribution < -0.4 is 4.74 Å². The van der Waals surface area contributed by atoms with Crippen molar-refractivity contribution in [1.29, 1.82) is 0 Å². The van der Waals surface area contributed by atoms with Crippen molar-refractivity contribution in [1.82, 2.24) is 0 Å². The zero-order chi connectivity index (χ0) is 29.5. The number of nitrogens with zero attached hydrogens (tertiary/aromatic N) is 1. The van der Waals surface area contributed by atoms with Crippen LogP contribution in [0.1, 0.15) is 40.2 Å². The number of ketones is 1. The highest BCUT2D eigenvalue weighted by Crippen LogP contribution is 2.52. The Hall–Kier alpha value is -3.28. The molecule has 13 heteroatoms. The van der Waals surface area contributed by atoms with Gasteiger partial charge in [0.25, 0.3) is 0 Å². The molecule has 40 heavy (non-hydrogen) atoms. The maximum atomic E-state index is 15.9. The van der Waals surface area contributed by atoms with Gasteiger partial charge in [-0.3, -0.25) is 19.2 Å². The second-order valence-electron chi connectivity index (χ2n) is 9.87. The first-order valence-electron chi connectivity index (χ1n) is 12.2. The van der Waals surface area contributed by atoms with Crippen molar-refractivity contribution in [3.8, 4) is 5.75 Å². The van der Waals surface area contributed by atoms with Crippen LogP contribution >= 0.6 is 23.2 Å². The van der Waals surface area contributed by atoms with Gasteiger partial charge < -0.3 is 23.7 Å². The van der Waals surface area contributed by atoms with Crippen molar-refractivity contribution >= 4 is 58.3 Å². The molecule has 1 fully saturated rings. The minimum atomic E-state index is -2.19. The number of ether oxygens (including phenoxy) is 5. The Bertz CT molecular complexity index is 1370. The Morgan fingerprint density at radius 1 is 1.05 bits per heavy atom. The zero-order valence-corrected chi connectivity index (χ0v) is 23.7. The van der Waals surface area contributed by atoms with Gasteiger partial charge in [0.15, 0.2) is 23.7 Å². The lowest BCUT2D eigenvalue weighted by atomic mass is 9.71. The van der Waals surface area contributed by atoms with E-state index >= 15 is 4.39 Å². The van der Waals surface area contributed by atoms with Crippen LogP contribution in [0.15, 0.2) is 34.9 Å². The van der Waals surface area contributed by atoms with Gasteiger partial charge in [-0.15, -0.1) is 0 Å². The predicted molar refractivity (Wildman–Crippen MR) is 141 cm³/mol. The second-order valence-corrected chi connectivity index (χ2v) is 10.7. The highest BCUT2D eigenvalue weighted by Gasteiger charge is 2.52. The molecular formula is C27H26Cl2FNO9. The van der Waals surface area contributed by atoms with E-state index in [0.717, 1.165) is 20.8 Å². The number of allylic oxidation sites excluding steroid dienone is 4. The molecule has 1 saturated heterocycles. The summed E-state index contributed by atoms with van der Waals surface area (Å²) in [6, 6.07) is 1.49. The summed E-state index contributed by atoms with van der Waals surface area (Å²) in [7, 11) is 0. The molecule has 5 atom stereocenters. The number of carbonyl (C=O) groups is 4. The van der Waals surface area contributed by atoms with Gasteiger partial charge in [0.05, 0.1) is 21.4 Å². The standard InChI is InChI=1S/C27H26Cl2FNO9/c1-11(32)36-10-19-24(37-12(2)33)25(38-13(3)34)22(30)26(39-19)40-23-16(28)9-18-20(21(23)29)27(4,5)15-8-14(35)6-7-17(15)31-18/h6-9,19,22,24-26H,10H2,1-5H3/t19-,22-,24+,25-,26+/m1/s1. The van der Waals surface area contributed by atoms with Crippen LogP contribution in [0.2, 0.25) is 10.0 Å². The lowest BCUT2D eigenvalue weighted by Gasteiger charge is -2.42. The maximum absolute atomic E-state index is 15.9. The largest absolute Gasteiger partial charge is 0.463 e. The molecule has 214 valence electrons. The molecule has 3 aliphatic rings. The first-order valence-corrected chi connectivity index (χ1v) is 13.0. The molecule has 0 unspecified atom stereocenters. The number of aliphatic imine (C=N–C) groups is 1. The Kier molecular flexibility index (Phi) is 8.39. The quantitative estimate of drug-likeness (QED) is 0.268. The first kappa shape index (κ1) is 29.7. The van der Waals surface area contributed by atoms with Gasteiger partial charge >= 0.3 is 17.9 Å². The molecule has 10 nitrogen and oxygen atoms in total. The van der Waals surface area contributed by atoms with E-state index in [0.29, 0.717) is 22.5 Å². The molecular weight excluding hydrogens is 572 g/mol. The third-order valence-corrected chi connectivity index (χ3v) is 7.17. The van der Waals surface area contributed by atoms with E-state index < -0.39 is 60.7 Å². The maximum Gasteiger partial charge on any atom is 0.303 e. The summed E-state index contributed by atoms with van der Waals surface area (Å²) in [4.78, 5) is 51.7. The Labute approximate surface area is 239 Å². The molecule has 0 bridgehead atoms. The number of benzene rings is 1. The zero-order valence-electron chi connectivity index (χ0n) is 22.2. The highest BCUT2D eigenvalue weighted by atomic mass is 35.5. The fourth-order valence-electron chi connectivity index (χ4n) is 4.83. The minimum absolute atomic E-state index is 0.00307. The molecule has 2 heterocycles. The number of hydrogen-bond acceptors (Lipinski definition) is 10. The van der Waals surface area contributed by atoms with Gasteiger partial charge in [-0.05, 0) is 29.9 Å². The van der Waals surface area contributed by atoms with Gasteiger partial charge in [-0.25, -0.2) is 9.38 Å². The lowest BCUT2D eigenvalue weighted by molar-refractivity contribution is -0.271. The van der Waals surface area contributed by atoms with E-state index in [4.69, 9.17) is 46.9 Å². The van der Waals surface area contributed by atoms with E-state index in [-0.39, 0.29) is 21.6 Å². The molecule has 1 aromatic carbocycles. The van der Waals surface area contributed by atoms with Crippen molar-refractivity contribution in [3.63, 3.8) is 0 Å². The summed E-state index contributed by atoms with van der Waals surface area (Å²) in [6.07, 6.45) is -3.91. The van der Waals surface area contributed by atoms with Crippen molar-refractivity contribution in [2.24, 2.45) is 4.99 Å². The lowest BCUT2D eigenvalue weighted by Crippen LogP contribution is -2.61. The number of esters is 3. The first-order chi connectivity index (χ1) is 18.7. The Morgan fingerprint density at radius 2 is 1.70 bits per heavy atom. The van der Waals surface area contributed by atoms with Gasteiger partial charge in [0, 0.05) is 31.7 Å². The summed E-state index contributed by atoms with van der Waals surface area (Å²) in [6.45, 7) is 6.49. The molecule has 1 aromatic rings. The van der Waals surface area contributed by atoms with Crippen LogP contribution in [0, 0.1) is 0 Å². The fraction of sp³-hybridized carbons (Fsp3) is 0.444. The molecule has 0 radical (unpaired) electrons. The molecule has 0 amide bonds. The number of rotatable bonds is 6.